The fraction of sp³-hybridized carbons (Fsp3) is 0.364. The molecule has 0 saturated heterocycles. The standard InChI is InChI=1S/C22H26N2O4S/c1-16(25)23-21(17-7-3-2-4-8-17)15-22(26)24-18-11-13-20(14-12-18)29(27,28)19-9-5-6-10-19/h2-4,7-8,11-14,19,21H,5-6,9-10,15H2,1H3,(H,23,25)(H,24,26). The molecular formula is C22H26N2O4S. The third kappa shape index (κ3) is 5.44. The van der Waals surface area contributed by atoms with Gasteiger partial charge in [-0.25, -0.2) is 8.42 Å². The summed E-state index contributed by atoms with van der Waals surface area (Å²) in [7, 11) is -3.31. The second-order valence-corrected chi connectivity index (χ2v) is 9.62. The highest BCUT2D eigenvalue weighted by Crippen LogP contribution is 2.30. The minimum atomic E-state index is -3.31. The normalized spacial score (nSPS) is 15.6. The Hall–Kier alpha value is -2.67. The molecule has 1 aliphatic carbocycles. The van der Waals surface area contributed by atoms with Crippen molar-refractivity contribution in [2.24, 2.45) is 0 Å². The van der Waals surface area contributed by atoms with Crippen LogP contribution in [0.2, 0.25) is 0 Å². The largest absolute Gasteiger partial charge is 0.349 e. The van der Waals surface area contributed by atoms with Gasteiger partial charge in [0.2, 0.25) is 11.8 Å². The fourth-order valence-electron chi connectivity index (χ4n) is 3.70. The number of anilines is 1. The molecule has 2 aromatic rings. The highest BCUT2D eigenvalue weighted by molar-refractivity contribution is 7.92. The van der Waals surface area contributed by atoms with Crippen LogP contribution in [0, 0.1) is 0 Å². The molecule has 1 fully saturated rings. The summed E-state index contributed by atoms with van der Waals surface area (Å²) < 4.78 is 25.3. The summed E-state index contributed by atoms with van der Waals surface area (Å²) in [6, 6.07) is 15.2. The summed E-state index contributed by atoms with van der Waals surface area (Å²) in [6.45, 7) is 1.41. The van der Waals surface area contributed by atoms with Gasteiger partial charge in [0.1, 0.15) is 0 Å². The van der Waals surface area contributed by atoms with Crippen molar-refractivity contribution in [3.63, 3.8) is 0 Å². The zero-order valence-corrected chi connectivity index (χ0v) is 17.2. The molecule has 1 aliphatic rings. The van der Waals surface area contributed by atoms with E-state index in [0.29, 0.717) is 23.4 Å². The Balaban J connectivity index is 1.66. The molecule has 1 saturated carbocycles. The first-order valence-electron chi connectivity index (χ1n) is 9.82. The van der Waals surface area contributed by atoms with Gasteiger partial charge in [-0.1, -0.05) is 43.2 Å². The van der Waals surface area contributed by atoms with E-state index in [1.165, 1.54) is 6.92 Å². The van der Waals surface area contributed by atoms with Crippen LogP contribution in [0.3, 0.4) is 0 Å². The summed E-state index contributed by atoms with van der Waals surface area (Å²) in [4.78, 5) is 24.3. The molecule has 2 amide bonds. The van der Waals surface area contributed by atoms with Crippen molar-refractivity contribution in [2.75, 3.05) is 5.32 Å². The molecule has 1 unspecified atom stereocenters. The minimum Gasteiger partial charge on any atom is -0.349 e. The predicted molar refractivity (Wildman–Crippen MR) is 112 cm³/mol. The van der Waals surface area contributed by atoms with Crippen LogP contribution in [0.1, 0.15) is 50.6 Å². The lowest BCUT2D eigenvalue weighted by molar-refractivity contribution is -0.120. The lowest BCUT2D eigenvalue weighted by atomic mass is 10.0. The van der Waals surface area contributed by atoms with Crippen LogP contribution in [-0.2, 0) is 19.4 Å². The van der Waals surface area contributed by atoms with Gasteiger partial charge in [0.05, 0.1) is 22.6 Å². The topological polar surface area (TPSA) is 92.3 Å². The average Bonchev–Trinajstić information content (AvgIpc) is 3.24. The summed E-state index contributed by atoms with van der Waals surface area (Å²) in [6.07, 6.45) is 3.41. The van der Waals surface area contributed by atoms with Crippen molar-refractivity contribution in [3.8, 4) is 0 Å². The van der Waals surface area contributed by atoms with E-state index in [1.807, 2.05) is 30.3 Å². The Bertz CT molecular complexity index is 950. The molecule has 0 radical (unpaired) electrons. The van der Waals surface area contributed by atoms with E-state index in [1.54, 1.807) is 24.3 Å². The minimum absolute atomic E-state index is 0.0751. The zero-order valence-electron chi connectivity index (χ0n) is 16.4. The molecule has 154 valence electrons. The Labute approximate surface area is 171 Å². The number of nitrogens with one attached hydrogen (secondary N) is 2. The third-order valence-electron chi connectivity index (χ3n) is 5.18. The molecule has 3 rings (SSSR count). The number of carbonyl (C=O) groups is 2. The third-order valence-corrected chi connectivity index (χ3v) is 7.45. The van der Waals surface area contributed by atoms with E-state index < -0.39 is 15.9 Å². The van der Waals surface area contributed by atoms with Gasteiger partial charge < -0.3 is 10.6 Å². The van der Waals surface area contributed by atoms with Crippen LogP contribution in [0.5, 0.6) is 0 Å². The number of carbonyl (C=O) groups excluding carboxylic acids is 2. The highest BCUT2D eigenvalue weighted by Gasteiger charge is 2.30. The predicted octanol–water partition coefficient (Wildman–Crippen LogP) is 3.61. The fourth-order valence-corrected chi connectivity index (χ4v) is 5.55. The van der Waals surface area contributed by atoms with E-state index in [4.69, 9.17) is 0 Å². The molecule has 29 heavy (non-hydrogen) atoms. The lowest BCUT2D eigenvalue weighted by Gasteiger charge is -2.18. The van der Waals surface area contributed by atoms with Crippen molar-refractivity contribution in [1.82, 2.24) is 5.32 Å². The van der Waals surface area contributed by atoms with E-state index >= 15 is 0 Å². The maximum absolute atomic E-state index is 12.6. The molecule has 0 heterocycles. The van der Waals surface area contributed by atoms with Crippen molar-refractivity contribution in [2.45, 2.75) is 55.2 Å². The van der Waals surface area contributed by atoms with Gasteiger partial charge in [-0.05, 0) is 42.7 Å². The van der Waals surface area contributed by atoms with Crippen molar-refractivity contribution in [3.05, 3.63) is 60.2 Å². The maximum Gasteiger partial charge on any atom is 0.226 e. The first-order chi connectivity index (χ1) is 13.9. The van der Waals surface area contributed by atoms with E-state index in [0.717, 1.165) is 18.4 Å². The van der Waals surface area contributed by atoms with Gasteiger partial charge in [0, 0.05) is 12.6 Å². The van der Waals surface area contributed by atoms with Gasteiger partial charge in [-0.2, -0.15) is 0 Å². The van der Waals surface area contributed by atoms with Gasteiger partial charge in [-0.15, -0.1) is 0 Å². The first kappa shape index (κ1) is 21.0. The Kier molecular flexibility index (Phi) is 6.69. The van der Waals surface area contributed by atoms with Crippen LogP contribution < -0.4 is 10.6 Å². The molecule has 6 nitrogen and oxygen atoms in total. The smallest absolute Gasteiger partial charge is 0.226 e. The van der Waals surface area contributed by atoms with Gasteiger partial charge in [0.15, 0.2) is 9.84 Å². The molecular weight excluding hydrogens is 388 g/mol. The van der Waals surface area contributed by atoms with Crippen LogP contribution in [0.25, 0.3) is 0 Å². The molecule has 2 aromatic carbocycles. The monoisotopic (exact) mass is 414 g/mol. The van der Waals surface area contributed by atoms with E-state index in [-0.39, 0.29) is 23.5 Å². The number of hydrogen-bond donors (Lipinski definition) is 2. The molecule has 0 bridgehead atoms. The molecule has 0 spiro atoms. The van der Waals surface area contributed by atoms with Gasteiger partial charge in [-0.3, -0.25) is 9.59 Å². The van der Waals surface area contributed by atoms with Crippen molar-refractivity contribution >= 4 is 27.3 Å². The SMILES string of the molecule is CC(=O)NC(CC(=O)Nc1ccc(S(=O)(=O)C2CCCC2)cc1)c1ccccc1. The number of amides is 2. The van der Waals surface area contributed by atoms with E-state index in [9.17, 15) is 18.0 Å². The van der Waals surface area contributed by atoms with Crippen LogP contribution in [0.15, 0.2) is 59.5 Å². The molecule has 7 heteroatoms. The van der Waals surface area contributed by atoms with Crippen molar-refractivity contribution < 1.29 is 18.0 Å². The molecule has 0 aliphatic heterocycles. The maximum atomic E-state index is 12.6. The second-order valence-electron chi connectivity index (χ2n) is 7.39. The Morgan fingerprint density at radius 3 is 2.21 bits per heavy atom. The summed E-state index contributed by atoms with van der Waals surface area (Å²) >= 11 is 0. The van der Waals surface area contributed by atoms with Gasteiger partial charge >= 0.3 is 0 Å². The number of sulfone groups is 1. The molecule has 2 N–H and O–H groups in total. The number of benzene rings is 2. The lowest BCUT2D eigenvalue weighted by Crippen LogP contribution is -2.29. The van der Waals surface area contributed by atoms with Gasteiger partial charge in [0.25, 0.3) is 0 Å². The summed E-state index contributed by atoms with van der Waals surface area (Å²) in [5.41, 5.74) is 1.37. The highest BCUT2D eigenvalue weighted by atomic mass is 32.2. The summed E-state index contributed by atoms with van der Waals surface area (Å²) in [5.74, 6) is -0.480. The average molecular weight is 415 g/mol. The van der Waals surface area contributed by atoms with Crippen molar-refractivity contribution in [1.29, 1.82) is 0 Å². The van der Waals surface area contributed by atoms with Crippen LogP contribution >= 0.6 is 0 Å². The Morgan fingerprint density at radius 2 is 1.62 bits per heavy atom. The first-order valence-corrected chi connectivity index (χ1v) is 11.4. The zero-order chi connectivity index (χ0) is 20.9. The number of rotatable bonds is 7. The number of hydrogen-bond acceptors (Lipinski definition) is 4. The van der Waals surface area contributed by atoms with E-state index in [2.05, 4.69) is 10.6 Å². The second kappa shape index (κ2) is 9.22. The Morgan fingerprint density at radius 1 is 1.00 bits per heavy atom. The summed E-state index contributed by atoms with van der Waals surface area (Å²) in [5, 5.41) is 5.27. The van der Waals surface area contributed by atoms with Crippen LogP contribution in [-0.4, -0.2) is 25.5 Å². The molecule has 1 atom stereocenters. The van der Waals surface area contributed by atoms with Crippen LogP contribution in [0.4, 0.5) is 5.69 Å². The molecule has 0 aromatic heterocycles. The quantitative estimate of drug-likeness (QED) is 0.724.